The van der Waals surface area contributed by atoms with Gasteiger partial charge in [0.25, 0.3) is 0 Å². The van der Waals surface area contributed by atoms with Crippen molar-refractivity contribution >= 4 is 19.8 Å². The van der Waals surface area contributed by atoms with Crippen LogP contribution in [0.5, 0.6) is 0 Å². The van der Waals surface area contributed by atoms with Crippen LogP contribution in [0.1, 0.15) is 219 Å². The second kappa shape index (κ2) is 43.8. The molecule has 2 atom stereocenters. The molecule has 0 radical (unpaired) electrons. The van der Waals surface area contributed by atoms with Gasteiger partial charge in [-0.3, -0.25) is 18.6 Å². The topological polar surface area (TPSA) is 134 Å². The summed E-state index contributed by atoms with van der Waals surface area (Å²) in [6.45, 7) is 3.68. The summed E-state index contributed by atoms with van der Waals surface area (Å²) in [6, 6.07) is 0. The number of unbranched alkanes of at least 4 members (excludes halogenated alkanes) is 25. The lowest BCUT2D eigenvalue weighted by atomic mass is 10.0. The average molecular weight is 826 g/mol. The van der Waals surface area contributed by atoms with Crippen molar-refractivity contribution in [2.24, 2.45) is 5.73 Å². The maximum Gasteiger partial charge on any atom is 0.472 e. The van der Waals surface area contributed by atoms with Crippen LogP contribution < -0.4 is 5.73 Å². The molecule has 0 aliphatic rings. The molecule has 0 aliphatic carbocycles. The van der Waals surface area contributed by atoms with Crippen LogP contribution in [0.4, 0.5) is 0 Å². The van der Waals surface area contributed by atoms with Gasteiger partial charge >= 0.3 is 19.8 Å². The molecule has 0 heterocycles. The highest BCUT2D eigenvalue weighted by molar-refractivity contribution is 7.47. The molecule has 0 aromatic carbocycles. The molecule has 1 unspecified atom stereocenters. The largest absolute Gasteiger partial charge is 0.472 e. The first-order chi connectivity index (χ1) is 27.8. The van der Waals surface area contributed by atoms with E-state index in [1.807, 2.05) is 0 Å². The molecule has 3 N–H and O–H groups in total. The molecule has 0 rings (SSSR count). The standard InChI is InChI=1S/C47H88NO8P/c1-3-5-7-9-11-13-15-17-19-20-21-22-23-24-26-27-29-31-33-35-37-39-46(49)53-43-45(44-55-57(51,52)54-42-41-48)56-47(50)40-38-36-34-32-30-28-25-18-16-14-12-10-8-6-4-2/h12,14,18,25,30,32,45H,3-11,13,15-17,19-24,26-29,31,33-44,48H2,1-2H3,(H,51,52)/b14-12-,25-18-,32-30-/t45-/m1/s1. The molecule has 334 valence electrons. The molecule has 0 aliphatic heterocycles. The molecule has 0 fully saturated rings. The molecular weight excluding hydrogens is 737 g/mol. The van der Waals surface area contributed by atoms with E-state index in [0.29, 0.717) is 6.42 Å². The average Bonchev–Trinajstić information content (AvgIpc) is 3.20. The summed E-state index contributed by atoms with van der Waals surface area (Å²) in [5.74, 6) is -0.866. The number of esters is 2. The number of hydrogen-bond donors (Lipinski definition) is 2. The number of nitrogens with two attached hydrogens (primary N) is 1. The SMILES string of the molecule is CCCCC/C=C\C/C=C\C/C=C\CCCCC(=O)O[C@H](COC(=O)CCCCCCCCCCCCCCCCCCCCCCC)COP(=O)(O)OCCN. The monoisotopic (exact) mass is 826 g/mol. The maximum atomic E-state index is 12.6. The number of hydrogen-bond acceptors (Lipinski definition) is 8. The van der Waals surface area contributed by atoms with Gasteiger partial charge in [-0.25, -0.2) is 4.57 Å². The minimum atomic E-state index is -4.39. The molecule has 0 aromatic heterocycles. The molecule has 0 amide bonds. The van der Waals surface area contributed by atoms with Crippen molar-refractivity contribution in [1.82, 2.24) is 0 Å². The summed E-state index contributed by atoms with van der Waals surface area (Å²) in [5, 5.41) is 0. The quantitative estimate of drug-likeness (QED) is 0.0266. The van der Waals surface area contributed by atoms with Gasteiger partial charge in [0, 0.05) is 19.4 Å². The van der Waals surface area contributed by atoms with E-state index in [4.69, 9.17) is 24.3 Å². The van der Waals surface area contributed by atoms with E-state index in [2.05, 4.69) is 50.3 Å². The Kier molecular flexibility index (Phi) is 42.4. The summed E-state index contributed by atoms with van der Waals surface area (Å²) < 4.78 is 32.8. The van der Waals surface area contributed by atoms with Crippen LogP contribution in [0, 0.1) is 0 Å². The Bertz CT molecular complexity index is 1030. The Morgan fingerprint density at radius 3 is 1.39 bits per heavy atom. The molecule has 0 saturated carbocycles. The number of carbonyl (C=O) groups is 2. The van der Waals surface area contributed by atoms with Crippen molar-refractivity contribution in [2.75, 3.05) is 26.4 Å². The van der Waals surface area contributed by atoms with Crippen LogP contribution in [0.15, 0.2) is 36.5 Å². The Morgan fingerprint density at radius 2 is 0.912 bits per heavy atom. The predicted octanol–water partition coefficient (Wildman–Crippen LogP) is 13.7. The fraction of sp³-hybridized carbons (Fsp3) is 0.830. The predicted molar refractivity (Wildman–Crippen MR) is 238 cm³/mol. The van der Waals surface area contributed by atoms with E-state index >= 15 is 0 Å². The second-order valence-electron chi connectivity index (χ2n) is 15.6. The first-order valence-corrected chi connectivity index (χ1v) is 25.0. The van der Waals surface area contributed by atoms with Crippen molar-refractivity contribution < 1.29 is 37.6 Å². The molecule has 0 aromatic rings. The van der Waals surface area contributed by atoms with Gasteiger partial charge in [0.05, 0.1) is 13.2 Å². The fourth-order valence-electron chi connectivity index (χ4n) is 6.52. The minimum Gasteiger partial charge on any atom is -0.462 e. The van der Waals surface area contributed by atoms with Crippen molar-refractivity contribution in [1.29, 1.82) is 0 Å². The third-order valence-corrected chi connectivity index (χ3v) is 11.0. The Morgan fingerprint density at radius 1 is 0.526 bits per heavy atom. The Balaban J connectivity index is 4.09. The van der Waals surface area contributed by atoms with E-state index in [-0.39, 0.29) is 38.6 Å². The van der Waals surface area contributed by atoms with E-state index < -0.39 is 26.5 Å². The van der Waals surface area contributed by atoms with Gasteiger partial charge < -0.3 is 20.1 Å². The van der Waals surface area contributed by atoms with Gasteiger partial charge in [-0.1, -0.05) is 192 Å². The van der Waals surface area contributed by atoms with Crippen LogP contribution in [0.3, 0.4) is 0 Å². The van der Waals surface area contributed by atoms with Crippen LogP contribution in [-0.4, -0.2) is 49.3 Å². The number of phosphoric acid groups is 1. The molecule has 57 heavy (non-hydrogen) atoms. The lowest BCUT2D eigenvalue weighted by molar-refractivity contribution is -0.161. The number of rotatable bonds is 44. The number of ether oxygens (including phenoxy) is 2. The lowest BCUT2D eigenvalue weighted by Crippen LogP contribution is -2.29. The minimum absolute atomic E-state index is 0.0478. The van der Waals surface area contributed by atoms with Crippen molar-refractivity contribution in [2.45, 2.75) is 225 Å². The molecule has 0 spiro atoms. The summed E-state index contributed by atoms with van der Waals surface area (Å²) in [6.07, 6.45) is 49.0. The number of phosphoric ester groups is 1. The molecule has 0 bridgehead atoms. The summed E-state index contributed by atoms with van der Waals surface area (Å²) in [7, 11) is -4.39. The van der Waals surface area contributed by atoms with E-state index in [1.165, 1.54) is 135 Å². The maximum absolute atomic E-state index is 12.6. The smallest absolute Gasteiger partial charge is 0.462 e. The highest BCUT2D eigenvalue weighted by Crippen LogP contribution is 2.43. The van der Waals surface area contributed by atoms with Gasteiger partial charge in [0.1, 0.15) is 6.61 Å². The molecular formula is C47H88NO8P. The Hall–Kier alpha value is -1.77. The first kappa shape index (κ1) is 55.2. The summed E-state index contributed by atoms with van der Waals surface area (Å²) in [4.78, 5) is 34.9. The van der Waals surface area contributed by atoms with Crippen LogP contribution in [-0.2, 0) is 32.7 Å². The summed E-state index contributed by atoms with van der Waals surface area (Å²) >= 11 is 0. The highest BCUT2D eigenvalue weighted by Gasteiger charge is 2.26. The van der Waals surface area contributed by atoms with Crippen LogP contribution in [0.25, 0.3) is 0 Å². The zero-order valence-electron chi connectivity index (χ0n) is 36.8. The summed E-state index contributed by atoms with van der Waals surface area (Å²) in [5.41, 5.74) is 5.35. The van der Waals surface area contributed by atoms with Crippen LogP contribution >= 0.6 is 7.82 Å². The van der Waals surface area contributed by atoms with E-state index in [0.717, 1.165) is 51.4 Å². The van der Waals surface area contributed by atoms with Crippen LogP contribution in [0.2, 0.25) is 0 Å². The number of carbonyl (C=O) groups excluding carboxylic acids is 2. The highest BCUT2D eigenvalue weighted by atomic mass is 31.2. The zero-order valence-corrected chi connectivity index (χ0v) is 37.7. The molecule has 0 saturated heterocycles. The van der Waals surface area contributed by atoms with Crippen molar-refractivity contribution in [3.8, 4) is 0 Å². The molecule has 10 heteroatoms. The fourth-order valence-corrected chi connectivity index (χ4v) is 7.29. The number of allylic oxidation sites excluding steroid dienone is 6. The van der Waals surface area contributed by atoms with E-state index in [9.17, 15) is 19.0 Å². The zero-order chi connectivity index (χ0) is 41.8. The van der Waals surface area contributed by atoms with Crippen molar-refractivity contribution in [3.63, 3.8) is 0 Å². The van der Waals surface area contributed by atoms with Gasteiger partial charge in [-0.2, -0.15) is 0 Å². The van der Waals surface area contributed by atoms with Crippen molar-refractivity contribution in [3.05, 3.63) is 36.5 Å². The van der Waals surface area contributed by atoms with E-state index in [1.54, 1.807) is 0 Å². The van der Waals surface area contributed by atoms with Gasteiger partial charge in [0.2, 0.25) is 0 Å². The van der Waals surface area contributed by atoms with Gasteiger partial charge in [0.15, 0.2) is 6.10 Å². The normalized spacial score (nSPS) is 13.5. The lowest BCUT2D eigenvalue weighted by Gasteiger charge is -2.19. The first-order valence-electron chi connectivity index (χ1n) is 23.5. The molecule has 9 nitrogen and oxygen atoms in total. The van der Waals surface area contributed by atoms with Gasteiger partial charge in [-0.15, -0.1) is 0 Å². The third kappa shape index (κ3) is 43.6. The third-order valence-electron chi connectivity index (χ3n) is 10.0. The second-order valence-corrected chi connectivity index (χ2v) is 17.1. The van der Waals surface area contributed by atoms with Gasteiger partial charge in [-0.05, 0) is 51.4 Å². The Labute approximate surface area is 350 Å².